The van der Waals surface area contributed by atoms with Crippen molar-refractivity contribution >= 4 is 5.78 Å². The second-order valence-electron chi connectivity index (χ2n) is 2.98. The number of hydrogen-bond donors (Lipinski definition) is 1. The molecule has 0 saturated carbocycles. The first-order chi connectivity index (χ1) is 6.83. The maximum Gasteiger partial charge on any atom is 0.189 e. The summed E-state index contributed by atoms with van der Waals surface area (Å²) in [5, 5.41) is 7.00. The highest BCUT2D eigenvalue weighted by atomic mass is 16.2. The molecule has 0 aliphatic heterocycles. The van der Waals surface area contributed by atoms with Gasteiger partial charge >= 0.3 is 0 Å². The molecule has 1 aliphatic rings. The second-order valence-corrected chi connectivity index (χ2v) is 2.98. The van der Waals surface area contributed by atoms with Gasteiger partial charge in [-0.1, -0.05) is 30.3 Å². The van der Waals surface area contributed by atoms with Gasteiger partial charge < -0.3 is 5.11 Å². The van der Waals surface area contributed by atoms with Gasteiger partial charge in [0.15, 0.2) is 5.78 Å². The number of aliphatic hydroxyl groups excluding tert-OH is 1. The first-order valence-electron chi connectivity index (χ1n) is 4.55. The first kappa shape index (κ1) is 10.7. The van der Waals surface area contributed by atoms with Gasteiger partial charge in [-0.25, -0.2) is 0 Å². The number of benzene rings is 1. The molecule has 0 heterocycles. The Labute approximate surface area is 83.9 Å². The van der Waals surface area contributed by atoms with Gasteiger partial charge in [-0.15, -0.1) is 0 Å². The fourth-order valence-electron chi connectivity index (χ4n) is 1.59. The van der Waals surface area contributed by atoms with Gasteiger partial charge in [-0.2, -0.15) is 0 Å². The summed E-state index contributed by atoms with van der Waals surface area (Å²) >= 11 is 0. The monoisotopic (exact) mass is 190 g/mol. The number of carbonyl (C=O) groups is 1. The molecule has 0 spiro atoms. The molecule has 1 aliphatic carbocycles. The first-order valence-corrected chi connectivity index (χ1v) is 4.55. The molecule has 0 radical (unpaired) electrons. The average Bonchev–Trinajstić information content (AvgIpc) is 2.59. The highest BCUT2D eigenvalue weighted by molar-refractivity contribution is 6.13. The Morgan fingerprint density at radius 2 is 1.93 bits per heavy atom. The molecule has 2 nitrogen and oxygen atoms in total. The summed E-state index contributed by atoms with van der Waals surface area (Å²) in [6, 6.07) is 7.80. The van der Waals surface area contributed by atoms with Crippen LogP contribution in [0.2, 0.25) is 0 Å². The molecule has 1 aromatic rings. The van der Waals surface area contributed by atoms with Crippen molar-refractivity contribution in [2.45, 2.75) is 13.3 Å². The van der Waals surface area contributed by atoms with Crippen LogP contribution in [0.4, 0.5) is 0 Å². The molecule has 0 unspecified atom stereocenters. The van der Waals surface area contributed by atoms with Gasteiger partial charge in [0.2, 0.25) is 0 Å². The van der Waals surface area contributed by atoms with Crippen LogP contribution in [0.3, 0.4) is 0 Å². The standard InChI is InChI=1S/C11H10O.CH4O/c1-2-8-7-9-5-3-4-6-10(9)11(8)12;1-2/h2-6H,7H2,1H3;2H,1H3/b8-2+;. The lowest BCUT2D eigenvalue weighted by Gasteiger charge is -1.91. The Balaban J connectivity index is 0.000000461. The molecule has 1 N–H and O–H groups in total. The third kappa shape index (κ3) is 1.75. The number of fused-ring (bicyclic) bond motifs is 1. The van der Waals surface area contributed by atoms with E-state index in [1.807, 2.05) is 37.3 Å². The third-order valence-electron chi connectivity index (χ3n) is 2.28. The van der Waals surface area contributed by atoms with Gasteiger partial charge in [0.05, 0.1) is 0 Å². The Kier molecular flexibility index (Phi) is 3.60. The Hall–Kier alpha value is -1.41. The van der Waals surface area contributed by atoms with Crippen molar-refractivity contribution in [1.82, 2.24) is 0 Å². The van der Waals surface area contributed by atoms with Crippen molar-refractivity contribution in [2.24, 2.45) is 0 Å². The molecule has 0 amide bonds. The summed E-state index contributed by atoms with van der Waals surface area (Å²) in [6.45, 7) is 1.92. The van der Waals surface area contributed by atoms with Crippen LogP contribution in [0.1, 0.15) is 22.8 Å². The largest absolute Gasteiger partial charge is 0.400 e. The van der Waals surface area contributed by atoms with Gasteiger partial charge in [0.1, 0.15) is 0 Å². The molecule has 0 bridgehead atoms. The van der Waals surface area contributed by atoms with E-state index in [4.69, 9.17) is 5.11 Å². The zero-order chi connectivity index (χ0) is 10.6. The minimum Gasteiger partial charge on any atom is -0.400 e. The Morgan fingerprint density at radius 3 is 2.50 bits per heavy atom. The molecule has 2 rings (SSSR count). The van der Waals surface area contributed by atoms with Crippen LogP contribution in [0, 0.1) is 0 Å². The van der Waals surface area contributed by atoms with Gasteiger partial charge in [-0.05, 0) is 12.5 Å². The lowest BCUT2D eigenvalue weighted by Crippen LogP contribution is -1.93. The van der Waals surface area contributed by atoms with E-state index in [-0.39, 0.29) is 5.78 Å². The minimum absolute atomic E-state index is 0.202. The molecule has 1 aromatic carbocycles. The summed E-state index contributed by atoms with van der Waals surface area (Å²) < 4.78 is 0. The maximum absolute atomic E-state index is 11.6. The lowest BCUT2D eigenvalue weighted by molar-refractivity contribution is 0.103. The van der Waals surface area contributed by atoms with Gasteiger partial charge in [0, 0.05) is 24.7 Å². The normalized spacial score (nSPS) is 16.2. The SMILES string of the molecule is C/C=C1\Cc2ccccc2C1=O.CO. The van der Waals surface area contributed by atoms with Crippen LogP contribution in [0.15, 0.2) is 35.9 Å². The van der Waals surface area contributed by atoms with Crippen molar-refractivity contribution in [3.63, 3.8) is 0 Å². The predicted octanol–water partition coefficient (Wildman–Crippen LogP) is 1.98. The topological polar surface area (TPSA) is 37.3 Å². The number of ketones is 1. The Morgan fingerprint density at radius 1 is 1.29 bits per heavy atom. The summed E-state index contributed by atoms with van der Waals surface area (Å²) in [5.41, 5.74) is 2.97. The molecular weight excluding hydrogens is 176 g/mol. The summed E-state index contributed by atoms with van der Waals surface area (Å²) in [4.78, 5) is 11.6. The maximum atomic E-state index is 11.6. The van der Waals surface area contributed by atoms with Gasteiger partial charge in [0.25, 0.3) is 0 Å². The van der Waals surface area contributed by atoms with Crippen molar-refractivity contribution < 1.29 is 9.90 Å². The fraction of sp³-hybridized carbons (Fsp3) is 0.250. The molecule has 0 saturated heterocycles. The van der Waals surface area contributed by atoms with E-state index < -0.39 is 0 Å². The molecule has 0 aromatic heterocycles. The van der Waals surface area contributed by atoms with Crippen molar-refractivity contribution in [3.05, 3.63) is 47.0 Å². The lowest BCUT2D eigenvalue weighted by atomic mass is 10.1. The highest BCUT2D eigenvalue weighted by Crippen LogP contribution is 2.25. The number of allylic oxidation sites excluding steroid dienone is 2. The van der Waals surface area contributed by atoms with E-state index in [1.54, 1.807) is 0 Å². The highest BCUT2D eigenvalue weighted by Gasteiger charge is 2.22. The molecule has 2 heteroatoms. The molecule has 0 atom stereocenters. The van der Waals surface area contributed by atoms with E-state index in [0.717, 1.165) is 30.2 Å². The Bertz CT molecular complexity index is 364. The third-order valence-corrected chi connectivity index (χ3v) is 2.28. The van der Waals surface area contributed by atoms with Gasteiger partial charge in [-0.3, -0.25) is 4.79 Å². The summed E-state index contributed by atoms with van der Waals surface area (Å²) in [5.74, 6) is 0.202. The number of hydrogen-bond acceptors (Lipinski definition) is 2. The average molecular weight is 190 g/mol. The minimum atomic E-state index is 0.202. The fourth-order valence-corrected chi connectivity index (χ4v) is 1.59. The number of Topliss-reactive ketones (excluding diaryl/α,β-unsaturated/α-hetero) is 1. The second kappa shape index (κ2) is 4.72. The van der Waals surface area contributed by atoms with Crippen molar-refractivity contribution in [2.75, 3.05) is 7.11 Å². The quantitative estimate of drug-likeness (QED) is 0.635. The van der Waals surface area contributed by atoms with E-state index in [2.05, 4.69) is 0 Å². The van der Waals surface area contributed by atoms with Crippen LogP contribution in [0.25, 0.3) is 0 Å². The van der Waals surface area contributed by atoms with Crippen LogP contribution < -0.4 is 0 Å². The molecule has 74 valence electrons. The van der Waals surface area contributed by atoms with Crippen molar-refractivity contribution in [3.8, 4) is 0 Å². The van der Waals surface area contributed by atoms with Crippen LogP contribution in [-0.4, -0.2) is 18.0 Å². The predicted molar refractivity (Wildman–Crippen MR) is 56.4 cm³/mol. The van der Waals surface area contributed by atoms with E-state index in [0.29, 0.717) is 0 Å². The van der Waals surface area contributed by atoms with E-state index in [9.17, 15) is 4.79 Å². The number of aliphatic hydroxyl groups is 1. The summed E-state index contributed by atoms with van der Waals surface area (Å²) in [6.07, 6.45) is 2.72. The number of rotatable bonds is 0. The zero-order valence-corrected chi connectivity index (χ0v) is 8.45. The zero-order valence-electron chi connectivity index (χ0n) is 8.45. The van der Waals surface area contributed by atoms with E-state index in [1.165, 1.54) is 0 Å². The summed E-state index contributed by atoms with van der Waals surface area (Å²) in [7, 11) is 1.00. The number of carbonyl (C=O) groups excluding carboxylic acids is 1. The molecular formula is C12H14O2. The van der Waals surface area contributed by atoms with Crippen LogP contribution in [-0.2, 0) is 6.42 Å². The van der Waals surface area contributed by atoms with Crippen LogP contribution >= 0.6 is 0 Å². The molecule has 14 heavy (non-hydrogen) atoms. The van der Waals surface area contributed by atoms with Crippen LogP contribution in [0.5, 0.6) is 0 Å². The smallest absolute Gasteiger partial charge is 0.189 e. The van der Waals surface area contributed by atoms with E-state index >= 15 is 0 Å². The molecule has 0 fully saturated rings. The van der Waals surface area contributed by atoms with Crippen molar-refractivity contribution in [1.29, 1.82) is 0 Å².